The second kappa shape index (κ2) is 16.3. The van der Waals surface area contributed by atoms with E-state index in [1.165, 1.54) is 36.9 Å². The number of hydrogen-bond acceptors (Lipinski definition) is 7. The van der Waals surface area contributed by atoms with Gasteiger partial charge in [-0.2, -0.15) is 11.3 Å². The minimum Gasteiger partial charge on any atom is -0.512 e. The fourth-order valence-electron chi connectivity index (χ4n) is 5.65. The first-order valence-electron chi connectivity index (χ1n) is 17.0. The van der Waals surface area contributed by atoms with Crippen molar-refractivity contribution in [1.82, 2.24) is 9.97 Å². The predicted molar refractivity (Wildman–Crippen MR) is 211 cm³/mol. The topological polar surface area (TPSA) is 63.1 Å². The molecular weight excluding hydrogens is 841 g/mol. The van der Waals surface area contributed by atoms with E-state index >= 15 is 0 Å². The number of fused-ring (bicyclic) bond motifs is 2. The van der Waals surface area contributed by atoms with Gasteiger partial charge in [-0.3, -0.25) is 9.78 Å². The minimum atomic E-state index is -0.337. The number of aryl methyl sites for hydroxylation is 2. The molecule has 0 saturated heterocycles. The number of carbonyl (C=O) groups is 1. The summed E-state index contributed by atoms with van der Waals surface area (Å²) in [5, 5.41) is 14.7. The van der Waals surface area contributed by atoms with E-state index in [4.69, 9.17) is 12.6 Å². The van der Waals surface area contributed by atoms with E-state index in [1.54, 1.807) is 17.7 Å². The number of aromatic nitrogens is 2. The number of rotatable bonds is 9. The third-order valence-electron chi connectivity index (χ3n) is 10.4. The van der Waals surface area contributed by atoms with Crippen LogP contribution in [-0.2, 0) is 30.3 Å². The number of hydrogen-bond donors (Lipinski definition) is 2. The molecule has 0 fully saturated rings. The zero-order valence-electron chi connectivity index (χ0n) is 30.8. The molecule has 0 spiro atoms. The Morgan fingerprint density at radius 1 is 0.918 bits per heavy atom. The van der Waals surface area contributed by atoms with Crippen molar-refractivity contribution < 1.29 is 30.0 Å². The van der Waals surface area contributed by atoms with E-state index < -0.39 is 0 Å². The van der Waals surface area contributed by atoms with E-state index in [0.29, 0.717) is 0 Å². The van der Waals surface area contributed by atoms with Crippen molar-refractivity contribution in [3.05, 3.63) is 75.9 Å². The van der Waals surface area contributed by atoms with E-state index in [9.17, 15) is 9.90 Å². The Morgan fingerprint density at radius 2 is 1.53 bits per heavy atom. The number of thiol groups is 1. The molecule has 5 aromatic rings. The largest absolute Gasteiger partial charge is 0.512 e. The number of benzene rings is 2. The van der Waals surface area contributed by atoms with E-state index in [0.717, 1.165) is 58.5 Å². The van der Waals surface area contributed by atoms with Crippen molar-refractivity contribution in [3.63, 3.8) is 0 Å². The van der Waals surface area contributed by atoms with Crippen LogP contribution in [-0.4, -0.2) is 20.9 Å². The molecule has 0 aliphatic rings. The van der Waals surface area contributed by atoms with Crippen LogP contribution in [0, 0.1) is 30.7 Å². The number of nitrogens with zero attached hydrogens (tertiary/aromatic N) is 2. The van der Waals surface area contributed by atoms with Crippen molar-refractivity contribution >= 4 is 61.3 Å². The Labute approximate surface area is 320 Å². The van der Waals surface area contributed by atoms with Gasteiger partial charge < -0.3 is 5.11 Å². The van der Waals surface area contributed by atoms with E-state index in [2.05, 4.69) is 86.4 Å². The summed E-state index contributed by atoms with van der Waals surface area (Å²) in [6.07, 6.45) is 6.40. The Bertz CT molecular complexity index is 1960. The van der Waals surface area contributed by atoms with Gasteiger partial charge in [-0.15, -0.1) is 47.6 Å². The first-order chi connectivity index (χ1) is 22.5. The van der Waals surface area contributed by atoms with Gasteiger partial charge >= 0.3 is 0 Å². The van der Waals surface area contributed by atoms with Crippen molar-refractivity contribution in [2.75, 3.05) is 0 Å². The molecule has 2 aromatic carbocycles. The first-order valence-corrected chi connectivity index (χ1v) is 19.1. The predicted octanol–water partition coefficient (Wildman–Crippen LogP) is 12.9. The van der Waals surface area contributed by atoms with Crippen LogP contribution < -0.4 is 0 Å². The molecule has 0 aliphatic carbocycles. The molecule has 0 amide bonds. The summed E-state index contributed by atoms with van der Waals surface area (Å²) in [6, 6.07) is 14.5. The normalized spacial score (nSPS) is 12.5. The van der Waals surface area contributed by atoms with E-state index in [1.807, 2.05) is 52.9 Å². The van der Waals surface area contributed by atoms with Gasteiger partial charge in [-0.1, -0.05) is 79.5 Å². The molecule has 0 atom stereocenters. The van der Waals surface area contributed by atoms with Crippen LogP contribution in [0.1, 0.15) is 104 Å². The molecule has 49 heavy (non-hydrogen) atoms. The number of thiophene rings is 2. The third kappa shape index (κ3) is 8.59. The van der Waals surface area contributed by atoms with Crippen molar-refractivity contribution in [2.45, 2.75) is 112 Å². The Balaban J connectivity index is 0.000000312. The molecule has 3 aromatic heterocycles. The summed E-state index contributed by atoms with van der Waals surface area (Å²) in [6.45, 7) is 23.2. The summed E-state index contributed by atoms with van der Waals surface area (Å²) >= 11 is 8.51. The second-order valence-corrected chi connectivity index (χ2v) is 17.0. The first kappa shape index (κ1) is 41.1. The maximum atomic E-state index is 12.2. The number of aliphatic hydroxyl groups is 1. The number of ketones is 1. The van der Waals surface area contributed by atoms with Gasteiger partial charge in [0.2, 0.25) is 0 Å². The molecule has 265 valence electrons. The average Bonchev–Trinajstić information content (AvgIpc) is 3.66. The van der Waals surface area contributed by atoms with Crippen molar-refractivity contribution in [1.29, 1.82) is 0 Å². The Kier molecular flexibility index (Phi) is 13.7. The Morgan fingerprint density at radius 3 is 2.12 bits per heavy atom. The number of carbonyl (C=O) groups excluding carboxylic acids is 1. The van der Waals surface area contributed by atoms with Gasteiger partial charge in [0.25, 0.3) is 0 Å². The summed E-state index contributed by atoms with van der Waals surface area (Å²) in [7, 11) is 0. The van der Waals surface area contributed by atoms with E-state index in [-0.39, 0.29) is 47.9 Å². The van der Waals surface area contributed by atoms with Crippen molar-refractivity contribution in [3.8, 4) is 22.5 Å². The van der Waals surface area contributed by atoms with Gasteiger partial charge in [0.1, 0.15) is 12.1 Å². The molecule has 8 heteroatoms. The summed E-state index contributed by atoms with van der Waals surface area (Å²) in [5.41, 5.74) is 5.78. The summed E-state index contributed by atoms with van der Waals surface area (Å²) in [4.78, 5) is 23.6. The van der Waals surface area contributed by atoms with Crippen LogP contribution in [0.15, 0.2) is 58.8 Å². The van der Waals surface area contributed by atoms with Crippen LogP contribution in [0.4, 0.5) is 0 Å². The molecular formula is C41H51IrN2O2S3-. The van der Waals surface area contributed by atoms with Gasteiger partial charge in [-0.25, -0.2) is 4.98 Å². The van der Waals surface area contributed by atoms with Gasteiger partial charge in [0, 0.05) is 62.7 Å². The standard InChI is InChI=1S/C26H23N2S3.C15H28O2.Ir/c1-14-15(2)31-21-7-6-16(11-19(14)21)22-24(29)23(28-13-27-22)18-10-17-8-9-30-25(17)20(12-18)26(3,4)5;1-7-14(5,8-2)12(16)11-13(17)15(6,9-3)10-4;/h6-9,11-13,29H,1-5H3;11,16H,7-10H2,1-6H3;/q-1;;/b;12-11-;. The summed E-state index contributed by atoms with van der Waals surface area (Å²) < 4.78 is 2.60. The maximum Gasteiger partial charge on any atom is 0.164 e. The molecule has 1 radical (unpaired) electrons. The molecule has 0 bridgehead atoms. The SMILES string of the molecule is CCC(C)(CC)C(=O)/C=C(\O)C(C)(CC)CC.Cc1sc2ccc(-c3ncnc(-c4[c-]c5ccsc5c(C(C)(C)C)c4)c3S)cc2c1C.[Ir]. The zero-order chi connectivity index (χ0) is 35.6. The summed E-state index contributed by atoms with van der Waals surface area (Å²) in [5.74, 6) is 0.286. The minimum absolute atomic E-state index is 0. The maximum absolute atomic E-state index is 12.2. The number of allylic oxidation sites excluding steroid dienone is 2. The molecule has 0 unspecified atom stereocenters. The monoisotopic (exact) mass is 892 g/mol. The number of aliphatic hydroxyl groups excluding tert-OH is 1. The van der Waals surface area contributed by atoms with Gasteiger partial charge in [0.15, 0.2) is 5.78 Å². The van der Waals surface area contributed by atoms with Crippen LogP contribution in [0.5, 0.6) is 0 Å². The Hall–Kier alpha value is -2.35. The van der Waals surface area contributed by atoms with Crippen molar-refractivity contribution in [2.24, 2.45) is 10.8 Å². The molecule has 5 rings (SSSR count). The quantitative estimate of drug-likeness (QED) is 0.0670. The zero-order valence-corrected chi connectivity index (χ0v) is 35.7. The third-order valence-corrected chi connectivity index (χ3v) is 13.0. The smallest absolute Gasteiger partial charge is 0.164 e. The molecule has 1 N–H and O–H groups in total. The van der Waals surface area contributed by atoms with Crippen LogP contribution >= 0.6 is 35.3 Å². The van der Waals surface area contributed by atoms with Gasteiger partial charge in [0.05, 0.1) is 5.69 Å². The fourth-order valence-corrected chi connectivity index (χ4v) is 8.15. The average molecular weight is 892 g/mol. The molecule has 4 nitrogen and oxygen atoms in total. The van der Waals surface area contributed by atoms with Crippen LogP contribution in [0.3, 0.4) is 0 Å². The second-order valence-electron chi connectivity index (χ2n) is 14.4. The fraction of sp³-hybridized carbons (Fsp3) is 0.439. The molecule has 3 heterocycles. The van der Waals surface area contributed by atoms with Crippen LogP contribution in [0.25, 0.3) is 42.7 Å². The van der Waals surface area contributed by atoms with Gasteiger partial charge in [-0.05, 0) is 78.1 Å². The molecule has 0 saturated carbocycles. The van der Waals surface area contributed by atoms with Crippen LogP contribution in [0.2, 0.25) is 0 Å². The molecule has 0 aliphatic heterocycles.